The first-order chi connectivity index (χ1) is 13.9. The van der Waals surface area contributed by atoms with Crippen LogP contribution in [0.2, 0.25) is 0 Å². The second-order valence-electron chi connectivity index (χ2n) is 7.03. The van der Waals surface area contributed by atoms with E-state index in [0.29, 0.717) is 22.1 Å². The Morgan fingerprint density at radius 2 is 1.86 bits per heavy atom. The number of benzene rings is 1. The molecule has 8 heteroatoms. The minimum absolute atomic E-state index is 0.147. The standard InChI is InChI=1S/C21H25N5O2S/c1-14(13-26-16(3)11-15(2)25-26)12-22-20(27)18-9-10-19(29-18)24-21(28)23-17-7-5-4-6-8-17/h4-11,14H,12-13H2,1-3H3,(H,22,27)(H2,23,24,28). The van der Waals surface area contributed by atoms with Gasteiger partial charge in [-0.15, -0.1) is 11.3 Å². The number of anilines is 2. The maximum Gasteiger partial charge on any atom is 0.324 e. The number of hydrogen-bond donors (Lipinski definition) is 3. The normalized spacial score (nSPS) is 11.7. The molecular weight excluding hydrogens is 386 g/mol. The molecule has 2 aromatic heterocycles. The molecule has 0 bridgehead atoms. The summed E-state index contributed by atoms with van der Waals surface area (Å²) in [5.74, 6) is 0.0953. The van der Waals surface area contributed by atoms with E-state index in [4.69, 9.17) is 0 Å². The van der Waals surface area contributed by atoms with Crippen LogP contribution in [0.5, 0.6) is 0 Å². The van der Waals surface area contributed by atoms with Gasteiger partial charge >= 0.3 is 6.03 Å². The highest BCUT2D eigenvalue weighted by Gasteiger charge is 2.13. The molecule has 7 nitrogen and oxygen atoms in total. The van der Waals surface area contributed by atoms with Crippen molar-refractivity contribution >= 4 is 34.0 Å². The Labute approximate surface area is 174 Å². The summed E-state index contributed by atoms with van der Waals surface area (Å²) in [6.07, 6.45) is 0. The third-order valence-electron chi connectivity index (χ3n) is 4.30. The van der Waals surface area contributed by atoms with Crippen LogP contribution in [0.4, 0.5) is 15.5 Å². The van der Waals surface area contributed by atoms with Crippen LogP contribution in [-0.4, -0.2) is 28.3 Å². The van der Waals surface area contributed by atoms with Gasteiger partial charge < -0.3 is 10.6 Å². The van der Waals surface area contributed by atoms with Crippen LogP contribution in [0.15, 0.2) is 48.5 Å². The van der Waals surface area contributed by atoms with Gasteiger partial charge in [0, 0.05) is 24.5 Å². The Morgan fingerprint density at radius 3 is 2.55 bits per heavy atom. The summed E-state index contributed by atoms with van der Waals surface area (Å²) in [7, 11) is 0. The largest absolute Gasteiger partial charge is 0.351 e. The van der Waals surface area contributed by atoms with Crippen molar-refractivity contribution in [3.63, 3.8) is 0 Å². The highest BCUT2D eigenvalue weighted by molar-refractivity contribution is 7.18. The Kier molecular flexibility index (Phi) is 6.66. The molecule has 2 heterocycles. The smallest absolute Gasteiger partial charge is 0.324 e. The number of carbonyl (C=O) groups excluding carboxylic acids is 2. The van der Waals surface area contributed by atoms with Crippen LogP contribution >= 0.6 is 11.3 Å². The zero-order valence-corrected chi connectivity index (χ0v) is 17.5. The van der Waals surface area contributed by atoms with Gasteiger partial charge in [-0.05, 0) is 50.1 Å². The van der Waals surface area contributed by atoms with E-state index < -0.39 is 0 Å². The highest BCUT2D eigenvalue weighted by Crippen LogP contribution is 2.22. The molecule has 3 amide bonds. The number of amides is 3. The number of thiophene rings is 1. The van der Waals surface area contributed by atoms with Gasteiger partial charge in [-0.2, -0.15) is 5.10 Å². The van der Waals surface area contributed by atoms with Crippen LogP contribution in [-0.2, 0) is 6.54 Å². The van der Waals surface area contributed by atoms with E-state index in [-0.39, 0.29) is 17.9 Å². The number of nitrogens with zero attached hydrogens (tertiary/aromatic N) is 2. The zero-order valence-electron chi connectivity index (χ0n) is 16.7. The van der Waals surface area contributed by atoms with Crippen LogP contribution < -0.4 is 16.0 Å². The van der Waals surface area contributed by atoms with Gasteiger partial charge in [0.05, 0.1) is 15.6 Å². The molecule has 0 aliphatic carbocycles. The Bertz CT molecular complexity index is 980. The molecular formula is C21H25N5O2S. The molecule has 0 saturated heterocycles. The first-order valence-corrected chi connectivity index (χ1v) is 10.2. The van der Waals surface area contributed by atoms with Crippen LogP contribution in [0, 0.1) is 19.8 Å². The van der Waals surface area contributed by atoms with Crippen molar-refractivity contribution in [2.24, 2.45) is 5.92 Å². The number of hydrogen-bond acceptors (Lipinski definition) is 4. The third kappa shape index (κ3) is 5.92. The summed E-state index contributed by atoms with van der Waals surface area (Å²) < 4.78 is 1.96. The van der Waals surface area contributed by atoms with Crippen molar-refractivity contribution in [1.29, 1.82) is 0 Å². The van der Waals surface area contributed by atoms with Crippen molar-refractivity contribution in [3.05, 3.63) is 64.8 Å². The maximum atomic E-state index is 12.4. The predicted octanol–water partition coefficient (Wildman–Crippen LogP) is 4.27. The van der Waals surface area contributed by atoms with Crippen molar-refractivity contribution in [1.82, 2.24) is 15.1 Å². The average molecular weight is 412 g/mol. The molecule has 1 atom stereocenters. The SMILES string of the molecule is Cc1cc(C)n(CC(C)CNC(=O)c2ccc(NC(=O)Nc3ccccc3)s2)n1. The fourth-order valence-corrected chi connectivity index (χ4v) is 3.71. The predicted molar refractivity (Wildman–Crippen MR) is 117 cm³/mol. The second kappa shape index (κ2) is 9.38. The highest BCUT2D eigenvalue weighted by atomic mass is 32.1. The molecule has 29 heavy (non-hydrogen) atoms. The molecule has 152 valence electrons. The monoisotopic (exact) mass is 411 g/mol. The molecule has 0 radical (unpaired) electrons. The van der Waals surface area contributed by atoms with E-state index >= 15 is 0 Å². The number of urea groups is 1. The van der Waals surface area contributed by atoms with Crippen molar-refractivity contribution in [2.75, 3.05) is 17.2 Å². The lowest BCUT2D eigenvalue weighted by atomic mass is 10.2. The van der Waals surface area contributed by atoms with Crippen LogP contribution in [0.3, 0.4) is 0 Å². The summed E-state index contributed by atoms with van der Waals surface area (Å²) in [4.78, 5) is 25.0. The van der Waals surface area contributed by atoms with Gasteiger partial charge in [-0.3, -0.25) is 14.8 Å². The van der Waals surface area contributed by atoms with Crippen LogP contribution in [0.1, 0.15) is 28.0 Å². The van der Waals surface area contributed by atoms with Crippen molar-refractivity contribution in [3.8, 4) is 0 Å². The third-order valence-corrected chi connectivity index (χ3v) is 5.30. The van der Waals surface area contributed by atoms with Crippen molar-refractivity contribution < 1.29 is 9.59 Å². The molecule has 3 rings (SSSR count). The molecule has 1 aromatic carbocycles. The second-order valence-corrected chi connectivity index (χ2v) is 8.12. The van der Waals surface area contributed by atoms with Crippen molar-refractivity contribution in [2.45, 2.75) is 27.3 Å². The molecule has 0 fully saturated rings. The van der Waals surface area contributed by atoms with Gasteiger partial charge in [-0.25, -0.2) is 4.79 Å². The average Bonchev–Trinajstić information content (AvgIpc) is 3.26. The Hall–Kier alpha value is -3.13. The molecule has 3 N–H and O–H groups in total. The van der Waals surface area contributed by atoms with E-state index in [1.807, 2.05) is 42.8 Å². The first-order valence-electron chi connectivity index (χ1n) is 9.43. The molecule has 0 saturated carbocycles. The fraction of sp³-hybridized carbons (Fsp3) is 0.286. The molecule has 0 spiro atoms. The zero-order chi connectivity index (χ0) is 20.8. The summed E-state index contributed by atoms with van der Waals surface area (Å²) in [6.45, 7) is 7.37. The van der Waals surface area contributed by atoms with Gasteiger partial charge in [0.1, 0.15) is 0 Å². The topological polar surface area (TPSA) is 88.0 Å². The number of nitrogens with one attached hydrogen (secondary N) is 3. The lowest BCUT2D eigenvalue weighted by Gasteiger charge is -2.13. The Balaban J connectivity index is 1.47. The Morgan fingerprint density at radius 1 is 1.10 bits per heavy atom. The molecule has 0 aliphatic heterocycles. The fourth-order valence-electron chi connectivity index (χ4n) is 2.90. The minimum Gasteiger partial charge on any atom is -0.351 e. The van der Waals surface area contributed by atoms with E-state index in [1.165, 1.54) is 11.3 Å². The van der Waals surface area contributed by atoms with E-state index in [2.05, 4.69) is 28.0 Å². The van der Waals surface area contributed by atoms with Gasteiger partial charge in [0.2, 0.25) is 0 Å². The van der Waals surface area contributed by atoms with Crippen LogP contribution in [0.25, 0.3) is 0 Å². The molecule has 1 unspecified atom stereocenters. The summed E-state index contributed by atoms with van der Waals surface area (Å²) >= 11 is 1.24. The lowest BCUT2D eigenvalue weighted by molar-refractivity contribution is 0.0950. The van der Waals surface area contributed by atoms with E-state index in [9.17, 15) is 9.59 Å². The quantitative estimate of drug-likeness (QED) is 0.542. The molecule has 3 aromatic rings. The first kappa shape index (κ1) is 20.6. The van der Waals surface area contributed by atoms with Gasteiger partial charge in [0.15, 0.2) is 0 Å². The number of aryl methyl sites for hydroxylation is 2. The van der Waals surface area contributed by atoms with Gasteiger partial charge in [0.25, 0.3) is 5.91 Å². The number of para-hydroxylation sites is 1. The maximum absolute atomic E-state index is 12.4. The summed E-state index contributed by atoms with van der Waals surface area (Å²) in [5.41, 5.74) is 2.81. The molecule has 0 aliphatic rings. The lowest BCUT2D eigenvalue weighted by Crippen LogP contribution is -2.29. The summed E-state index contributed by atoms with van der Waals surface area (Å²) in [6, 6.07) is 14.3. The minimum atomic E-state index is -0.344. The number of aromatic nitrogens is 2. The van der Waals surface area contributed by atoms with E-state index in [1.54, 1.807) is 24.3 Å². The van der Waals surface area contributed by atoms with E-state index in [0.717, 1.165) is 17.9 Å². The number of rotatable bonds is 7. The summed E-state index contributed by atoms with van der Waals surface area (Å²) in [5, 5.41) is 13.5. The van der Waals surface area contributed by atoms with Gasteiger partial charge in [-0.1, -0.05) is 25.1 Å². The number of carbonyl (C=O) groups is 2.